The van der Waals surface area contributed by atoms with Gasteiger partial charge in [0.25, 0.3) is 0 Å². The predicted octanol–water partition coefficient (Wildman–Crippen LogP) is 1.19. The molecule has 1 aromatic rings. The number of carbonyl (C=O) groups is 2. The van der Waals surface area contributed by atoms with Crippen molar-refractivity contribution in [1.29, 1.82) is 0 Å². The van der Waals surface area contributed by atoms with E-state index in [-0.39, 0.29) is 17.4 Å². The van der Waals surface area contributed by atoms with Crippen LogP contribution in [0, 0.1) is 0 Å². The van der Waals surface area contributed by atoms with E-state index in [1.54, 1.807) is 0 Å². The number of rotatable bonds is 3. The van der Waals surface area contributed by atoms with E-state index in [0.717, 1.165) is 0 Å². The van der Waals surface area contributed by atoms with Crippen molar-refractivity contribution in [3.63, 3.8) is 0 Å². The van der Waals surface area contributed by atoms with Gasteiger partial charge in [-0.1, -0.05) is 6.07 Å². The van der Waals surface area contributed by atoms with E-state index in [9.17, 15) is 19.8 Å². The number of carboxylic acid groups (broad SMARTS) is 1. The van der Waals surface area contributed by atoms with E-state index in [1.165, 1.54) is 35.3 Å². The van der Waals surface area contributed by atoms with Gasteiger partial charge in [0.2, 0.25) is 5.91 Å². The maximum atomic E-state index is 11.9. The number of aliphatic carboxylic acids is 1. The van der Waals surface area contributed by atoms with Crippen molar-refractivity contribution in [2.24, 2.45) is 0 Å². The summed E-state index contributed by atoms with van der Waals surface area (Å²) in [5, 5.41) is 27.5. The van der Waals surface area contributed by atoms with E-state index in [4.69, 9.17) is 5.11 Å². The summed E-state index contributed by atoms with van der Waals surface area (Å²) in [6.45, 7) is 0.432. The molecule has 1 fully saturated rings. The zero-order valence-corrected chi connectivity index (χ0v) is 10.7. The number of likely N-dealkylation sites (tertiary alicyclic amines) is 1. The molecule has 1 aromatic carbocycles. The summed E-state index contributed by atoms with van der Waals surface area (Å²) in [5.74, 6) is -1.88. The molecule has 0 aliphatic carbocycles. The average molecular weight is 277 g/mol. The fraction of sp³-hybridized carbons (Fsp3) is 0.286. The van der Waals surface area contributed by atoms with Crippen molar-refractivity contribution in [3.8, 4) is 11.5 Å². The topological polar surface area (TPSA) is 98.1 Å². The lowest BCUT2D eigenvalue weighted by Gasteiger charge is -2.19. The largest absolute Gasteiger partial charge is 0.504 e. The van der Waals surface area contributed by atoms with Gasteiger partial charge in [-0.25, -0.2) is 4.79 Å². The number of phenolic OH excluding ortho intramolecular Hbond substituents is 2. The second-order valence-electron chi connectivity index (χ2n) is 4.61. The molecule has 0 unspecified atom stereocenters. The molecule has 0 aromatic heterocycles. The van der Waals surface area contributed by atoms with Gasteiger partial charge in [0.15, 0.2) is 11.5 Å². The predicted molar refractivity (Wildman–Crippen MR) is 71.2 cm³/mol. The first kappa shape index (κ1) is 13.9. The fourth-order valence-electron chi connectivity index (χ4n) is 2.19. The van der Waals surface area contributed by atoms with Crippen molar-refractivity contribution in [2.75, 3.05) is 6.54 Å². The lowest BCUT2D eigenvalue weighted by molar-refractivity contribution is -0.146. The van der Waals surface area contributed by atoms with Crippen molar-refractivity contribution >= 4 is 18.0 Å². The number of phenols is 2. The Bertz CT molecular complexity index is 567. The maximum absolute atomic E-state index is 11.9. The molecule has 0 spiro atoms. The molecule has 106 valence electrons. The normalized spacial score (nSPS) is 18.6. The summed E-state index contributed by atoms with van der Waals surface area (Å²) in [4.78, 5) is 24.3. The zero-order valence-electron chi connectivity index (χ0n) is 10.7. The third-order valence-corrected chi connectivity index (χ3v) is 3.24. The van der Waals surface area contributed by atoms with Crippen LogP contribution in [0.2, 0.25) is 0 Å². The summed E-state index contributed by atoms with van der Waals surface area (Å²) in [5.41, 5.74) is 0.541. The van der Waals surface area contributed by atoms with Gasteiger partial charge in [-0.2, -0.15) is 0 Å². The van der Waals surface area contributed by atoms with Crippen LogP contribution in [-0.2, 0) is 9.59 Å². The van der Waals surface area contributed by atoms with Crippen LogP contribution in [0.15, 0.2) is 24.3 Å². The number of amides is 1. The Morgan fingerprint density at radius 3 is 2.65 bits per heavy atom. The molecule has 1 heterocycles. The summed E-state index contributed by atoms with van der Waals surface area (Å²) >= 11 is 0. The van der Waals surface area contributed by atoms with Crippen LogP contribution in [0.3, 0.4) is 0 Å². The smallest absolute Gasteiger partial charge is 0.326 e. The van der Waals surface area contributed by atoms with E-state index < -0.39 is 12.0 Å². The molecule has 1 atom stereocenters. The number of hydrogen-bond acceptors (Lipinski definition) is 4. The Hall–Kier alpha value is -2.50. The summed E-state index contributed by atoms with van der Waals surface area (Å²) in [6, 6.07) is 3.41. The molecule has 1 aliphatic rings. The van der Waals surface area contributed by atoms with Crippen molar-refractivity contribution in [1.82, 2.24) is 4.90 Å². The molecule has 20 heavy (non-hydrogen) atoms. The quantitative estimate of drug-likeness (QED) is 0.569. The van der Waals surface area contributed by atoms with Gasteiger partial charge in [-0.3, -0.25) is 4.79 Å². The third-order valence-electron chi connectivity index (χ3n) is 3.24. The Kier molecular flexibility index (Phi) is 3.93. The molecule has 1 amide bonds. The number of carbonyl (C=O) groups excluding carboxylic acids is 1. The van der Waals surface area contributed by atoms with Crippen molar-refractivity contribution < 1.29 is 24.9 Å². The SMILES string of the molecule is O=C(O)[C@@H]1CCCN1C(=O)/C=C/c1ccc(O)c(O)c1. The van der Waals surface area contributed by atoms with Gasteiger partial charge in [0, 0.05) is 12.6 Å². The number of nitrogens with zero attached hydrogens (tertiary/aromatic N) is 1. The molecule has 0 bridgehead atoms. The van der Waals surface area contributed by atoms with E-state index in [2.05, 4.69) is 0 Å². The van der Waals surface area contributed by atoms with Gasteiger partial charge < -0.3 is 20.2 Å². The monoisotopic (exact) mass is 277 g/mol. The van der Waals surface area contributed by atoms with Crippen LogP contribution in [0.5, 0.6) is 11.5 Å². The average Bonchev–Trinajstić information content (AvgIpc) is 2.89. The summed E-state index contributed by atoms with van der Waals surface area (Å²) < 4.78 is 0. The van der Waals surface area contributed by atoms with Gasteiger partial charge in [-0.05, 0) is 36.6 Å². The van der Waals surface area contributed by atoms with E-state index in [1.807, 2.05) is 0 Å². The van der Waals surface area contributed by atoms with Gasteiger partial charge in [0.1, 0.15) is 6.04 Å². The Morgan fingerprint density at radius 1 is 1.25 bits per heavy atom. The van der Waals surface area contributed by atoms with Gasteiger partial charge >= 0.3 is 5.97 Å². The summed E-state index contributed by atoms with van der Waals surface area (Å²) in [6.07, 6.45) is 3.89. The molecule has 2 rings (SSSR count). The van der Waals surface area contributed by atoms with E-state index in [0.29, 0.717) is 24.9 Å². The van der Waals surface area contributed by atoms with Crippen LogP contribution < -0.4 is 0 Å². The molecular weight excluding hydrogens is 262 g/mol. The minimum atomic E-state index is -0.994. The van der Waals surface area contributed by atoms with Gasteiger partial charge in [0.05, 0.1) is 0 Å². The lowest BCUT2D eigenvalue weighted by atomic mass is 10.2. The molecule has 0 radical (unpaired) electrons. The molecule has 3 N–H and O–H groups in total. The minimum Gasteiger partial charge on any atom is -0.504 e. The highest BCUT2D eigenvalue weighted by Crippen LogP contribution is 2.25. The fourth-order valence-corrected chi connectivity index (χ4v) is 2.19. The Labute approximate surface area is 115 Å². The molecule has 0 saturated carbocycles. The highest BCUT2D eigenvalue weighted by Gasteiger charge is 2.32. The number of benzene rings is 1. The van der Waals surface area contributed by atoms with Gasteiger partial charge in [-0.15, -0.1) is 0 Å². The number of carboxylic acids is 1. The maximum Gasteiger partial charge on any atom is 0.326 e. The standard InChI is InChI=1S/C14H15NO5/c16-11-5-3-9(8-12(11)17)4-6-13(18)15-7-1-2-10(15)14(19)20/h3-6,8,10,16-17H,1-2,7H2,(H,19,20)/b6-4+/t10-/m0/s1. The lowest BCUT2D eigenvalue weighted by Crippen LogP contribution is -2.39. The van der Waals surface area contributed by atoms with Crippen LogP contribution in [0.1, 0.15) is 18.4 Å². The van der Waals surface area contributed by atoms with Crippen LogP contribution >= 0.6 is 0 Å². The third kappa shape index (κ3) is 2.90. The van der Waals surface area contributed by atoms with Crippen LogP contribution in [0.4, 0.5) is 0 Å². The van der Waals surface area contributed by atoms with Crippen LogP contribution in [0.25, 0.3) is 6.08 Å². The number of aromatic hydroxyl groups is 2. The molecule has 6 heteroatoms. The highest BCUT2D eigenvalue weighted by molar-refractivity contribution is 5.94. The van der Waals surface area contributed by atoms with Crippen molar-refractivity contribution in [2.45, 2.75) is 18.9 Å². The molecule has 1 saturated heterocycles. The minimum absolute atomic E-state index is 0.237. The number of hydrogen-bond donors (Lipinski definition) is 3. The Morgan fingerprint density at radius 2 is 2.00 bits per heavy atom. The Balaban J connectivity index is 2.08. The summed E-state index contributed by atoms with van der Waals surface area (Å²) in [7, 11) is 0. The molecular formula is C14H15NO5. The second kappa shape index (κ2) is 5.64. The first-order valence-electron chi connectivity index (χ1n) is 6.22. The van der Waals surface area contributed by atoms with Crippen LogP contribution in [-0.4, -0.2) is 44.7 Å². The van der Waals surface area contributed by atoms with E-state index >= 15 is 0 Å². The molecule has 6 nitrogen and oxygen atoms in total. The second-order valence-corrected chi connectivity index (χ2v) is 4.61. The first-order chi connectivity index (χ1) is 9.49. The first-order valence-corrected chi connectivity index (χ1v) is 6.22. The highest BCUT2D eigenvalue weighted by atomic mass is 16.4. The van der Waals surface area contributed by atoms with Crippen molar-refractivity contribution in [3.05, 3.63) is 29.8 Å². The molecule has 1 aliphatic heterocycles. The zero-order chi connectivity index (χ0) is 14.7.